The van der Waals surface area contributed by atoms with Crippen LogP contribution in [0, 0.1) is 11.3 Å². The van der Waals surface area contributed by atoms with Crippen molar-refractivity contribution in [3.8, 4) is 34.2 Å². The first-order chi connectivity index (χ1) is 16.1. The molecule has 1 aliphatic rings. The standard InChI is InChI=1S/C23H21N7O3/c1-25-22(31)16-6-14(8-24)5-15(7-16)19-10-27-30-12-20(17-9-26-29(2)11-17)23(28-21(19)30)33-18-3-4-32-13-18/h5-7,9-12,18H,3-4,13H2,1-2H3,(H,25,31)/t18-/m0/s1. The van der Waals surface area contributed by atoms with Crippen molar-refractivity contribution in [1.29, 1.82) is 5.26 Å². The summed E-state index contributed by atoms with van der Waals surface area (Å²) in [6.07, 6.45) is 7.84. The average Bonchev–Trinajstić information content (AvgIpc) is 3.59. The number of carbonyl (C=O) groups excluding carboxylic acids is 1. The van der Waals surface area contributed by atoms with Gasteiger partial charge >= 0.3 is 0 Å². The third-order valence-corrected chi connectivity index (χ3v) is 5.50. The van der Waals surface area contributed by atoms with Gasteiger partial charge in [-0.2, -0.15) is 20.4 Å². The molecule has 1 aromatic carbocycles. The summed E-state index contributed by atoms with van der Waals surface area (Å²) in [6.45, 7) is 1.15. The highest BCUT2D eigenvalue weighted by Crippen LogP contribution is 2.33. The number of benzene rings is 1. The highest BCUT2D eigenvalue weighted by Gasteiger charge is 2.23. The van der Waals surface area contributed by atoms with E-state index < -0.39 is 0 Å². The molecule has 10 nitrogen and oxygen atoms in total. The maximum atomic E-state index is 12.2. The van der Waals surface area contributed by atoms with Crippen LogP contribution in [0.2, 0.25) is 0 Å². The lowest BCUT2D eigenvalue weighted by Gasteiger charge is -2.14. The second kappa shape index (κ2) is 8.37. The van der Waals surface area contributed by atoms with Crippen molar-refractivity contribution >= 4 is 11.6 Å². The molecule has 0 unspecified atom stereocenters. The lowest BCUT2D eigenvalue weighted by atomic mass is 10.0. The van der Waals surface area contributed by atoms with Crippen LogP contribution in [0.15, 0.2) is 43.0 Å². The normalized spacial score (nSPS) is 15.5. The van der Waals surface area contributed by atoms with Gasteiger partial charge < -0.3 is 14.8 Å². The minimum absolute atomic E-state index is 0.0940. The number of rotatable bonds is 5. The third-order valence-electron chi connectivity index (χ3n) is 5.50. The highest BCUT2D eigenvalue weighted by molar-refractivity contribution is 5.96. The van der Waals surface area contributed by atoms with Crippen LogP contribution in [0.3, 0.4) is 0 Å². The molecule has 0 spiro atoms. The summed E-state index contributed by atoms with van der Waals surface area (Å²) in [6, 6.07) is 7.10. The van der Waals surface area contributed by atoms with E-state index in [2.05, 4.69) is 21.6 Å². The number of ether oxygens (including phenoxy) is 2. The van der Waals surface area contributed by atoms with Crippen molar-refractivity contribution in [1.82, 2.24) is 29.7 Å². The molecular weight excluding hydrogens is 422 g/mol. The number of fused-ring (bicyclic) bond motifs is 1. The first-order valence-corrected chi connectivity index (χ1v) is 10.4. The van der Waals surface area contributed by atoms with Crippen molar-refractivity contribution in [2.45, 2.75) is 12.5 Å². The highest BCUT2D eigenvalue weighted by atomic mass is 16.5. The van der Waals surface area contributed by atoms with E-state index in [1.165, 1.54) is 0 Å². The molecule has 33 heavy (non-hydrogen) atoms. The fourth-order valence-electron chi connectivity index (χ4n) is 3.83. The molecule has 1 amide bonds. The Labute approximate surface area is 189 Å². The lowest BCUT2D eigenvalue weighted by molar-refractivity contribution is 0.0963. The Kier molecular flexibility index (Phi) is 5.24. The Morgan fingerprint density at radius 2 is 2.09 bits per heavy atom. The Balaban J connectivity index is 1.66. The van der Waals surface area contributed by atoms with Crippen LogP contribution >= 0.6 is 0 Å². The van der Waals surface area contributed by atoms with Crippen LogP contribution < -0.4 is 10.1 Å². The number of carbonyl (C=O) groups is 1. The van der Waals surface area contributed by atoms with E-state index in [0.717, 1.165) is 17.5 Å². The quantitative estimate of drug-likeness (QED) is 0.502. The van der Waals surface area contributed by atoms with E-state index in [-0.39, 0.29) is 12.0 Å². The Bertz CT molecular complexity index is 1390. The summed E-state index contributed by atoms with van der Waals surface area (Å²) in [5.74, 6) is 0.178. The summed E-state index contributed by atoms with van der Waals surface area (Å²) in [5.41, 5.74) is 4.27. The van der Waals surface area contributed by atoms with Crippen molar-refractivity contribution < 1.29 is 14.3 Å². The Morgan fingerprint density at radius 3 is 2.79 bits per heavy atom. The molecule has 166 valence electrons. The molecule has 4 heterocycles. The molecule has 0 aliphatic carbocycles. The molecule has 3 aromatic heterocycles. The molecule has 0 saturated carbocycles. The van der Waals surface area contributed by atoms with Crippen LogP contribution in [-0.4, -0.2) is 56.7 Å². The minimum Gasteiger partial charge on any atom is -0.471 e. The van der Waals surface area contributed by atoms with Gasteiger partial charge in [-0.3, -0.25) is 9.48 Å². The Morgan fingerprint density at radius 1 is 1.21 bits per heavy atom. The number of aryl methyl sites for hydroxylation is 1. The van der Waals surface area contributed by atoms with Gasteiger partial charge in [0.15, 0.2) is 5.65 Å². The smallest absolute Gasteiger partial charge is 0.251 e. The van der Waals surface area contributed by atoms with E-state index in [0.29, 0.717) is 47.0 Å². The van der Waals surface area contributed by atoms with E-state index >= 15 is 0 Å². The van der Waals surface area contributed by atoms with Gasteiger partial charge in [0.25, 0.3) is 5.91 Å². The molecular formula is C23H21N7O3. The zero-order valence-corrected chi connectivity index (χ0v) is 18.1. The Hall–Kier alpha value is -4.23. The fourth-order valence-corrected chi connectivity index (χ4v) is 3.83. The van der Waals surface area contributed by atoms with Gasteiger partial charge in [-0.25, -0.2) is 4.52 Å². The zero-order valence-electron chi connectivity index (χ0n) is 18.1. The molecule has 1 aliphatic heterocycles. The van der Waals surface area contributed by atoms with Gasteiger partial charge in [0, 0.05) is 49.6 Å². The van der Waals surface area contributed by atoms with Gasteiger partial charge in [-0.15, -0.1) is 0 Å². The van der Waals surface area contributed by atoms with Crippen molar-refractivity contribution in [2.24, 2.45) is 7.05 Å². The van der Waals surface area contributed by atoms with Crippen LogP contribution in [0.5, 0.6) is 5.88 Å². The molecule has 1 saturated heterocycles. The summed E-state index contributed by atoms with van der Waals surface area (Å²) in [4.78, 5) is 17.0. The number of hydrogen-bond acceptors (Lipinski definition) is 7. The van der Waals surface area contributed by atoms with Crippen molar-refractivity contribution in [3.05, 3.63) is 54.1 Å². The first-order valence-electron chi connectivity index (χ1n) is 10.4. The zero-order chi connectivity index (χ0) is 22.9. The molecule has 1 fully saturated rings. The summed E-state index contributed by atoms with van der Waals surface area (Å²) >= 11 is 0. The molecule has 4 aromatic rings. The molecule has 10 heteroatoms. The van der Waals surface area contributed by atoms with Gasteiger partial charge in [-0.05, 0) is 23.8 Å². The summed E-state index contributed by atoms with van der Waals surface area (Å²) in [5, 5.41) is 20.8. The van der Waals surface area contributed by atoms with Gasteiger partial charge in [-0.1, -0.05) is 0 Å². The van der Waals surface area contributed by atoms with Gasteiger partial charge in [0.2, 0.25) is 5.88 Å². The van der Waals surface area contributed by atoms with Crippen LogP contribution in [0.4, 0.5) is 0 Å². The first kappa shape index (κ1) is 20.7. The predicted octanol–water partition coefficient (Wildman–Crippen LogP) is 2.20. The second-order valence-electron chi connectivity index (χ2n) is 7.78. The maximum absolute atomic E-state index is 12.2. The molecule has 1 N–H and O–H groups in total. The van der Waals surface area contributed by atoms with Crippen LogP contribution in [0.25, 0.3) is 27.9 Å². The monoisotopic (exact) mass is 443 g/mol. The predicted molar refractivity (Wildman–Crippen MR) is 119 cm³/mol. The van der Waals surface area contributed by atoms with Crippen LogP contribution in [-0.2, 0) is 11.8 Å². The van der Waals surface area contributed by atoms with Gasteiger partial charge in [0.1, 0.15) is 6.10 Å². The van der Waals surface area contributed by atoms with E-state index in [4.69, 9.17) is 14.5 Å². The van der Waals surface area contributed by atoms with Gasteiger partial charge in [0.05, 0.1) is 42.8 Å². The molecule has 1 atom stereocenters. The largest absolute Gasteiger partial charge is 0.471 e. The lowest BCUT2D eigenvalue weighted by Crippen LogP contribution is -2.18. The fraction of sp³-hybridized carbons (Fsp3) is 0.261. The van der Waals surface area contributed by atoms with Crippen molar-refractivity contribution in [3.63, 3.8) is 0 Å². The number of hydrogen-bond donors (Lipinski definition) is 1. The molecule has 0 bridgehead atoms. The number of nitrogens with one attached hydrogen (secondary N) is 1. The topological polar surface area (TPSA) is 119 Å². The van der Waals surface area contributed by atoms with E-state index in [1.807, 2.05) is 19.4 Å². The van der Waals surface area contributed by atoms with Crippen molar-refractivity contribution in [2.75, 3.05) is 20.3 Å². The summed E-state index contributed by atoms with van der Waals surface area (Å²) < 4.78 is 15.1. The molecule has 0 radical (unpaired) electrons. The number of aromatic nitrogens is 5. The minimum atomic E-state index is -0.276. The average molecular weight is 443 g/mol. The van der Waals surface area contributed by atoms with E-state index in [1.54, 1.807) is 46.8 Å². The maximum Gasteiger partial charge on any atom is 0.251 e. The summed E-state index contributed by atoms with van der Waals surface area (Å²) in [7, 11) is 3.40. The number of amides is 1. The SMILES string of the molecule is CNC(=O)c1cc(C#N)cc(-c2cnn3cc(-c4cnn(C)c4)c(O[C@H]4CCOC4)nc23)c1. The second-order valence-corrected chi connectivity index (χ2v) is 7.78. The van der Waals surface area contributed by atoms with Crippen LogP contribution in [0.1, 0.15) is 22.3 Å². The number of nitriles is 1. The number of nitrogens with zero attached hydrogens (tertiary/aromatic N) is 6. The van der Waals surface area contributed by atoms with E-state index in [9.17, 15) is 10.1 Å². The third kappa shape index (κ3) is 3.90. The molecule has 5 rings (SSSR count).